The molecule has 2 heterocycles. The first kappa shape index (κ1) is 16.7. The van der Waals surface area contributed by atoms with E-state index in [2.05, 4.69) is 27.6 Å². The molecule has 1 aromatic heterocycles. The Morgan fingerprint density at radius 2 is 2.21 bits per heavy atom. The number of amides is 1. The zero-order valence-electron chi connectivity index (χ0n) is 14.1. The van der Waals surface area contributed by atoms with Gasteiger partial charge in [-0.3, -0.25) is 9.69 Å². The van der Waals surface area contributed by atoms with Crippen LogP contribution in [-0.2, 0) is 11.2 Å². The van der Waals surface area contributed by atoms with Crippen molar-refractivity contribution in [3.63, 3.8) is 0 Å². The fourth-order valence-corrected chi connectivity index (χ4v) is 2.92. The summed E-state index contributed by atoms with van der Waals surface area (Å²) >= 11 is 0. The third-order valence-corrected chi connectivity index (χ3v) is 4.38. The molecule has 1 saturated heterocycles. The lowest BCUT2D eigenvalue weighted by Gasteiger charge is -2.33. The minimum absolute atomic E-state index is 0.0965. The molecule has 0 saturated carbocycles. The molecule has 1 fully saturated rings. The maximum Gasteiger partial charge on any atom is 0.234 e. The normalized spacial score (nSPS) is 18.5. The zero-order chi connectivity index (χ0) is 16.8. The predicted octanol–water partition coefficient (Wildman–Crippen LogP) is 0.825. The van der Waals surface area contributed by atoms with Gasteiger partial charge in [-0.25, -0.2) is 4.68 Å². The lowest BCUT2D eigenvalue weighted by molar-refractivity contribution is -0.122. The Hall–Kier alpha value is -2.18. The number of para-hydroxylation sites is 1. The molecule has 6 nitrogen and oxygen atoms in total. The molecule has 2 aromatic rings. The summed E-state index contributed by atoms with van der Waals surface area (Å²) in [7, 11) is 0. The summed E-state index contributed by atoms with van der Waals surface area (Å²) in [6.07, 6.45) is 4.66. The smallest absolute Gasteiger partial charge is 0.234 e. The Bertz CT molecular complexity index is 654. The molecule has 1 aliphatic heterocycles. The van der Waals surface area contributed by atoms with E-state index in [1.165, 1.54) is 0 Å². The summed E-state index contributed by atoms with van der Waals surface area (Å²) in [4.78, 5) is 14.3. The first-order valence-corrected chi connectivity index (χ1v) is 8.53. The molecule has 1 aliphatic rings. The fraction of sp³-hybridized carbons (Fsp3) is 0.444. The van der Waals surface area contributed by atoms with Crippen LogP contribution in [0.3, 0.4) is 0 Å². The maximum atomic E-state index is 12.1. The van der Waals surface area contributed by atoms with E-state index in [0.717, 1.165) is 37.3 Å². The quantitative estimate of drug-likeness (QED) is 0.825. The molecular weight excluding hydrogens is 302 g/mol. The van der Waals surface area contributed by atoms with Crippen LogP contribution < -0.4 is 10.6 Å². The van der Waals surface area contributed by atoms with Crippen LogP contribution in [0, 0.1) is 0 Å². The maximum absolute atomic E-state index is 12.1. The van der Waals surface area contributed by atoms with Crippen LogP contribution in [0.15, 0.2) is 42.7 Å². The first-order valence-electron chi connectivity index (χ1n) is 8.53. The number of carbonyl (C=O) groups excluding carboxylic acids is 1. The second-order valence-corrected chi connectivity index (χ2v) is 6.25. The number of nitrogens with one attached hydrogen (secondary N) is 2. The Morgan fingerprint density at radius 3 is 3.00 bits per heavy atom. The molecule has 3 rings (SSSR count). The minimum Gasteiger partial charge on any atom is -0.355 e. The highest BCUT2D eigenvalue weighted by molar-refractivity contribution is 5.78. The molecule has 2 N–H and O–H groups in total. The van der Waals surface area contributed by atoms with Crippen molar-refractivity contribution in [2.45, 2.75) is 19.4 Å². The molecule has 128 valence electrons. The number of piperazine rings is 1. The van der Waals surface area contributed by atoms with Gasteiger partial charge in [0, 0.05) is 38.4 Å². The van der Waals surface area contributed by atoms with Crippen LogP contribution in [-0.4, -0.2) is 59.4 Å². The zero-order valence-corrected chi connectivity index (χ0v) is 14.1. The average Bonchev–Trinajstić information content (AvgIpc) is 3.07. The van der Waals surface area contributed by atoms with Gasteiger partial charge in [-0.2, -0.15) is 5.10 Å². The average molecular weight is 327 g/mol. The van der Waals surface area contributed by atoms with Crippen LogP contribution >= 0.6 is 0 Å². The minimum atomic E-state index is 0.0965. The Kier molecular flexibility index (Phi) is 5.61. The van der Waals surface area contributed by atoms with Crippen molar-refractivity contribution in [1.29, 1.82) is 0 Å². The summed E-state index contributed by atoms with van der Waals surface area (Å²) in [6.45, 7) is 6.10. The number of rotatable bonds is 6. The molecule has 24 heavy (non-hydrogen) atoms. The van der Waals surface area contributed by atoms with Gasteiger partial charge in [0.25, 0.3) is 0 Å². The number of hydrogen-bond donors (Lipinski definition) is 2. The summed E-state index contributed by atoms with van der Waals surface area (Å²) < 4.78 is 1.86. The standard InChI is InChI=1S/C18H25N5O/c1-15-11-19-9-10-22(15)14-18(24)20-8-7-16-12-21-23(13-16)17-5-3-2-4-6-17/h2-6,12-13,15,19H,7-11,14H2,1H3,(H,20,24)/t15-/m0/s1. The first-order chi connectivity index (χ1) is 11.7. The molecule has 1 atom stereocenters. The number of nitrogens with zero attached hydrogens (tertiary/aromatic N) is 3. The summed E-state index contributed by atoms with van der Waals surface area (Å²) in [5.74, 6) is 0.0965. The van der Waals surface area contributed by atoms with E-state index in [1.54, 1.807) is 0 Å². The van der Waals surface area contributed by atoms with Gasteiger partial charge in [-0.1, -0.05) is 18.2 Å². The molecule has 1 amide bonds. The molecule has 0 aliphatic carbocycles. The highest BCUT2D eigenvalue weighted by atomic mass is 16.2. The topological polar surface area (TPSA) is 62.2 Å². The molecule has 1 aromatic carbocycles. The van der Waals surface area contributed by atoms with Crippen molar-refractivity contribution >= 4 is 5.91 Å². The van der Waals surface area contributed by atoms with Crippen LogP contribution in [0.5, 0.6) is 0 Å². The van der Waals surface area contributed by atoms with E-state index < -0.39 is 0 Å². The van der Waals surface area contributed by atoms with Gasteiger partial charge in [0.15, 0.2) is 0 Å². The van der Waals surface area contributed by atoms with Crippen LogP contribution in [0.1, 0.15) is 12.5 Å². The SMILES string of the molecule is C[C@H]1CNCCN1CC(=O)NCCc1cnn(-c2ccccc2)c1. The Labute approximate surface area is 142 Å². The summed E-state index contributed by atoms with van der Waals surface area (Å²) in [5, 5.41) is 10.7. The highest BCUT2D eigenvalue weighted by Crippen LogP contribution is 2.07. The second-order valence-electron chi connectivity index (χ2n) is 6.25. The van der Waals surface area contributed by atoms with Crippen LogP contribution in [0.2, 0.25) is 0 Å². The van der Waals surface area contributed by atoms with Gasteiger partial charge in [0.1, 0.15) is 0 Å². The number of carbonyl (C=O) groups is 1. The molecule has 0 spiro atoms. The van der Waals surface area contributed by atoms with Gasteiger partial charge in [0.05, 0.1) is 18.4 Å². The number of aromatic nitrogens is 2. The van der Waals surface area contributed by atoms with Crippen molar-refractivity contribution in [1.82, 2.24) is 25.3 Å². The Balaban J connectivity index is 1.43. The van der Waals surface area contributed by atoms with E-state index in [0.29, 0.717) is 19.1 Å². The largest absolute Gasteiger partial charge is 0.355 e. The van der Waals surface area contributed by atoms with Gasteiger partial charge in [-0.05, 0) is 31.0 Å². The molecule has 0 unspecified atom stereocenters. The molecule has 0 radical (unpaired) electrons. The van der Waals surface area contributed by atoms with E-state index in [9.17, 15) is 4.79 Å². The van der Waals surface area contributed by atoms with Crippen molar-refractivity contribution in [3.8, 4) is 5.69 Å². The Morgan fingerprint density at radius 1 is 1.38 bits per heavy atom. The van der Waals surface area contributed by atoms with E-state index in [4.69, 9.17) is 0 Å². The van der Waals surface area contributed by atoms with Crippen molar-refractivity contribution < 1.29 is 4.79 Å². The lowest BCUT2D eigenvalue weighted by atomic mass is 10.2. The lowest BCUT2D eigenvalue weighted by Crippen LogP contribution is -2.52. The summed E-state index contributed by atoms with van der Waals surface area (Å²) in [5.41, 5.74) is 2.16. The van der Waals surface area contributed by atoms with E-state index >= 15 is 0 Å². The molecule has 6 heteroatoms. The van der Waals surface area contributed by atoms with Crippen molar-refractivity contribution in [3.05, 3.63) is 48.3 Å². The van der Waals surface area contributed by atoms with Crippen molar-refractivity contribution in [2.75, 3.05) is 32.7 Å². The third-order valence-electron chi connectivity index (χ3n) is 4.38. The van der Waals surface area contributed by atoms with Gasteiger partial charge in [0.2, 0.25) is 5.91 Å². The van der Waals surface area contributed by atoms with E-state index in [1.807, 2.05) is 47.4 Å². The second kappa shape index (κ2) is 8.08. The third kappa shape index (κ3) is 4.43. The van der Waals surface area contributed by atoms with Crippen LogP contribution in [0.25, 0.3) is 5.69 Å². The number of benzene rings is 1. The highest BCUT2D eigenvalue weighted by Gasteiger charge is 2.19. The number of hydrogen-bond acceptors (Lipinski definition) is 4. The summed E-state index contributed by atoms with van der Waals surface area (Å²) in [6, 6.07) is 10.4. The fourth-order valence-electron chi connectivity index (χ4n) is 2.92. The van der Waals surface area contributed by atoms with Gasteiger partial charge < -0.3 is 10.6 Å². The predicted molar refractivity (Wildman–Crippen MR) is 94.2 cm³/mol. The van der Waals surface area contributed by atoms with Gasteiger partial charge >= 0.3 is 0 Å². The van der Waals surface area contributed by atoms with Gasteiger partial charge in [-0.15, -0.1) is 0 Å². The molecule has 0 bridgehead atoms. The van der Waals surface area contributed by atoms with Crippen LogP contribution in [0.4, 0.5) is 0 Å². The van der Waals surface area contributed by atoms with Crippen molar-refractivity contribution in [2.24, 2.45) is 0 Å². The molecular formula is C18H25N5O. The monoisotopic (exact) mass is 327 g/mol. The van der Waals surface area contributed by atoms with E-state index in [-0.39, 0.29) is 5.91 Å².